The van der Waals surface area contributed by atoms with Gasteiger partial charge in [0.05, 0.1) is 6.26 Å². The van der Waals surface area contributed by atoms with Gasteiger partial charge in [-0.2, -0.15) is 0 Å². The highest BCUT2D eigenvalue weighted by molar-refractivity contribution is 5.09. The molecule has 0 aliphatic carbocycles. The minimum Gasteiger partial charge on any atom is -0.469 e. The highest BCUT2D eigenvalue weighted by Gasteiger charge is 2.10. The van der Waals surface area contributed by atoms with Gasteiger partial charge in [0.2, 0.25) is 0 Å². The number of nitrogens with zero attached hydrogens (tertiary/aromatic N) is 1. The van der Waals surface area contributed by atoms with Crippen molar-refractivity contribution in [1.82, 2.24) is 10.3 Å². The Balaban J connectivity index is 1.86. The average molecular weight is 244 g/mol. The van der Waals surface area contributed by atoms with E-state index < -0.39 is 0 Å². The van der Waals surface area contributed by atoms with E-state index in [1.165, 1.54) is 5.56 Å². The predicted molar refractivity (Wildman–Crippen MR) is 72.4 cm³/mol. The van der Waals surface area contributed by atoms with Gasteiger partial charge in [0.1, 0.15) is 5.76 Å². The number of aryl methyl sites for hydroxylation is 1. The quantitative estimate of drug-likeness (QED) is 0.814. The summed E-state index contributed by atoms with van der Waals surface area (Å²) in [6.45, 7) is 3.12. The molecule has 0 fully saturated rings. The lowest BCUT2D eigenvalue weighted by atomic mass is 10.0. The lowest BCUT2D eigenvalue weighted by Crippen LogP contribution is -2.31. The molecule has 0 radical (unpaired) electrons. The summed E-state index contributed by atoms with van der Waals surface area (Å²) < 4.78 is 5.41. The molecule has 1 atom stereocenters. The van der Waals surface area contributed by atoms with Gasteiger partial charge in [-0.3, -0.25) is 4.98 Å². The first-order chi connectivity index (χ1) is 8.88. The van der Waals surface area contributed by atoms with E-state index in [2.05, 4.69) is 23.3 Å². The van der Waals surface area contributed by atoms with E-state index in [0.717, 1.165) is 31.6 Å². The van der Waals surface area contributed by atoms with Gasteiger partial charge in [-0.15, -0.1) is 0 Å². The van der Waals surface area contributed by atoms with E-state index in [1.54, 1.807) is 6.26 Å². The number of rotatable bonds is 7. The summed E-state index contributed by atoms with van der Waals surface area (Å²) in [5, 5.41) is 3.51. The van der Waals surface area contributed by atoms with Gasteiger partial charge in [0.15, 0.2) is 0 Å². The van der Waals surface area contributed by atoms with Crippen LogP contribution in [-0.4, -0.2) is 17.6 Å². The predicted octanol–water partition coefficient (Wildman–Crippen LogP) is 2.83. The lowest BCUT2D eigenvalue weighted by molar-refractivity contribution is 0.430. The Morgan fingerprint density at radius 3 is 2.94 bits per heavy atom. The maximum atomic E-state index is 5.41. The number of nitrogens with one attached hydrogen (secondary N) is 1. The molecule has 1 N–H and O–H groups in total. The third-order valence-electron chi connectivity index (χ3n) is 3.02. The van der Waals surface area contributed by atoms with Crippen molar-refractivity contribution in [3.8, 4) is 0 Å². The first-order valence-electron chi connectivity index (χ1n) is 6.53. The molecule has 96 valence electrons. The van der Waals surface area contributed by atoms with Crippen molar-refractivity contribution in [3.05, 3.63) is 54.2 Å². The summed E-state index contributed by atoms with van der Waals surface area (Å²) in [6, 6.07) is 8.56. The zero-order valence-electron chi connectivity index (χ0n) is 10.8. The molecule has 0 bridgehead atoms. The van der Waals surface area contributed by atoms with Crippen LogP contribution >= 0.6 is 0 Å². The number of hydrogen-bond acceptors (Lipinski definition) is 3. The van der Waals surface area contributed by atoms with Crippen LogP contribution in [0.3, 0.4) is 0 Å². The molecule has 2 heterocycles. The van der Waals surface area contributed by atoms with Crippen molar-refractivity contribution in [2.75, 3.05) is 6.54 Å². The summed E-state index contributed by atoms with van der Waals surface area (Å²) in [5.74, 6) is 1.05. The number of hydrogen-bond donors (Lipinski definition) is 1. The Labute approximate surface area is 108 Å². The van der Waals surface area contributed by atoms with E-state index in [9.17, 15) is 0 Å². The summed E-state index contributed by atoms with van der Waals surface area (Å²) in [6.07, 6.45) is 8.58. The third kappa shape index (κ3) is 4.00. The fraction of sp³-hybridized carbons (Fsp3) is 0.400. The molecule has 0 aromatic carbocycles. The van der Waals surface area contributed by atoms with Crippen molar-refractivity contribution in [2.24, 2.45) is 0 Å². The van der Waals surface area contributed by atoms with Crippen LogP contribution in [0.4, 0.5) is 0 Å². The van der Waals surface area contributed by atoms with Gasteiger partial charge in [-0.1, -0.05) is 13.0 Å². The lowest BCUT2D eigenvalue weighted by Gasteiger charge is -2.16. The van der Waals surface area contributed by atoms with E-state index in [-0.39, 0.29) is 0 Å². The minimum atomic E-state index is 0.460. The smallest absolute Gasteiger partial charge is 0.105 e. The number of furan rings is 1. The minimum absolute atomic E-state index is 0.460. The molecule has 3 heteroatoms. The van der Waals surface area contributed by atoms with E-state index in [4.69, 9.17) is 4.42 Å². The highest BCUT2D eigenvalue weighted by atomic mass is 16.3. The normalized spacial score (nSPS) is 12.5. The second-order valence-corrected chi connectivity index (χ2v) is 4.44. The molecular formula is C15H20N2O. The van der Waals surface area contributed by atoms with Crippen LogP contribution in [-0.2, 0) is 12.8 Å². The number of pyridine rings is 1. The summed E-state index contributed by atoms with van der Waals surface area (Å²) in [4.78, 5) is 4.15. The van der Waals surface area contributed by atoms with Crippen molar-refractivity contribution in [2.45, 2.75) is 32.2 Å². The van der Waals surface area contributed by atoms with Gasteiger partial charge in [0.25, 0.3) is 0 Å². The van der Waals surface area contributed by atoms with Crippen LogP contribution in [0.2, 0.25) is 0 Å². The van der Waals surface area contributed by atoms with Crippen LogP contribution in [0.1, 0.15) is 24.7 Å². The SMILES string of the molecule is CCNC(CCc1cccnc1)Cc1ccco1. The molecule has 3 nitrogen and oxygen atoms in total. The zero-order valence-corrected chi connectivity index (χ0v) is 10.8. The molecule has 18 heavy (non-hydrogen) atoms. The van der Waals surface area contributed by atoms with Crippen LogP contribution in [0.15, 0.2) is 47.3 Å². The monoisotopic (exact) mass is 244 g/mol. The molecule has 2 aromatic heterocycles. The highest BCUT2D eigenvalue weighted by Crippen LogP contribution is 2.10. The first kappa shape index (κ1) is 12.8. The van der Waals surface area contributed by atoms with Crippen molar-refractivity contribution < 1.29 is 4.42 Å². The molecule has 2 aromatic rings. The fourth-order valence-electron chi connectivity index (χ4n) is 2.12. The Bertz CT molecular complexity index is 425. The van der Waals surface area contributed by atoms with Crippen molar-refractivity contribution in [3.63, 3.8) is 0 Å². The Morgan fingerprint density at radius 1 is 1.33 bits per heavy atom. The average Bonchev–Trinajstić information content (AvgIpc) is 2.90. The van der Waals surface area contributed by atoms with Crippen molar-refractivity contribution >= 4 is 0 Å². The van der Waals surface area contributed by atoms with Gasteiger partial charge in [-0.05, 0) is 43.1 Å². The van der Waals surface area contributed by atoms with Gasteiger partial charge in [-0.25, -0.2) is 0 Å². The largest absolute Gasteiger partial charge is 0.469 e. The van der Waals surface area contributed by atoms with Crippen LogP contribution < -0.4 is 5.32 Å². The summed E-state index contributed by atoms with van der Waals surface area (Å²) >= 11 is 0. The molecule has 0 spiro atoms. The maximum Gasteiger partial charge on any atom is 0.105 e. The second-order valence-electron chi connectivity index (χ2n) is 4.44. The molecule has 0 aliphatic rings. The summed E-state index contributed by atoms with van der Waals surface area (Å²) in [7, 11) is 0. The van der Waals surface area contributed by atoms with Crippen molar-refractivity contribution in [1.29, 1.82) is 0 Å². The topological polar surface area (TPSA) is 38.1 Å². The fourth-order valence-corrected chi connectivity index (χ4v) is 2.12. The molecule has 1 unspecified atom stereocenters. The Hall–Kier alpha value is -1.61. The second kappa shape index (κ2) is 6.97. The first-order valence-corrected chi connectivity index (χ1v) is 6.53. The molecule has 0 amide bonds. The molecule has 0 saturated heterocycles. The molecule has 0 aliphatic heterocycles. The van der Waals surface area contributed by atoms with E-state index >= 15 is 0 Å². The van der Waals surface area contributed by atoms with Crippen LogP contribution in [0.25, 0.3) is 0 Å². The Kier molecular flexibility index (Phi) is 4.97. The maximum absolute atomic E-state index is 5.41. The van der Waals surface area contributed by atoms with Gasteiger partial charge in [0, 0.05) is 24.9 Å². The van der Waals surface area contributed by atoms with E-state index in [0.29, 0.717) is 6.04 Å². The van der Waals surface area contributed by atoms with Gasteiger partial charge < -0.3 is 9.73 Å². The number of aromatic nitrogens is 1. The van der Waals surface area contributed by atoms with Gasteiger partial charge >= 0.3 is 0 Å². The Morgan fingerprint density at radius 2 is 2.28 bits per heavy atom. The van der Waals surface area contributed by atoms with Crippen LogP contribution in [0.5, 0.6) is 0 Å². The standard InChI is InChI=1S/C15H20N2O/c1-2-17-14(11-15-6-4-10-18-15)8-7-13-5-3-9-16-12-13/h3-6,9-10,12,14,17H,2,7-8,11H2,1H3. The zero-order chi connectivity index (χ0) is 12.6. The van der Waals surface area contributed by atoms with E-state index in [1.807, 2.05) is 30.6 Å². The summed E-state index contributed by atoms with van der Waals surface area (Å²) in [5.41, 5.74) is 1.29. The van der Waals surface area contributed by atoms with Crippen LogP contribution in [0, 0.1) is 0 Å². The third-order valence-corrected chi connectivity index (χ3v) is 3.02. The molecule has 2 rings (SSSR count). The molecular weight excluding hydrogens is 224 g/mol. The number of likely N-dealkylation sites (N-methyl/N-ethyl adjacent to an activating group) is 1. The molecule has 0 saturated carbocycles.